The Hall–Kier alpha value is -1.38. The second-order valence-corrected chi connectivity index (χ2v) is 7.03. The van der Waals surface area contributed by atoms with Gasteiger partial charge in [0.2, 0.25) is 0 Å². The van der Waals surface area contributed by atoms with Crippen LogP contribution >= 0.6 is 11.6 Å². The molecule has 0 saturated heterocycles. The summed E-state index contributed by atoms with van der Waals surface area (Å²) in [6.07, 6.45) is 6.94. The summed E-state index contributed by atoms with van der Waals surface area (Å²) >= 11 is 6.08. The summed E-state index contributed by atoms with van der Waals surface area (Å²) in [6, 6.07) is 14.5. The zero-order valence-electron chi connectivity index (χ0n) is 15.1. The van der Waals surface area contributed by atoms with Crippen LogP contribution in [0.4, 0.5) is 0 Å². The van der Waals surface area contributed by atoms with Crippen molar-refractivity contribution >= 4 is 11.6 Å². The molecule has 0 N–H and O–H groups in total. The van der Waals surface area contributed by atoms with Crippen molar-refractivity contribution in [3.8, 4) is 0 Å². The Morgan fingerprint density at radius 1 is 1.00 bits per heavy atom. The van der Waals surface area contributed by atoms with Crippen LogP contribution in [0.25, 0.3) is 0 Å². The summed E-state index contributed by atoms with van der Waals surface area (Å²) in [5.41, 5.74) is 2.33. The lowest BCUT2D eigenvalue weighted by molar-refractivity contribution is 0.215. The van der Waals surface area contributed by atoms with Crippen LogP contribution in [-0.4, -0.2) is 23.5 Å². The Morgan fingerprint density at radius 3 is 2.21 bits per heavy atom. The highest BCUT2D eigenvalue weighted by Gasteiger charge is 2.22. The highest BCUT2D eigenvalue weighted by molar-refractivity contribution is 6.30. The van der Waals surface area contributed by atoms with Gasteiger partial charge in [-0.3, -0.25) is 9.88 Å². The third kappa shape index (κ3) is 5.32. The largest absolute Gasteiger partial charge is 0.294 e. The standard InChI is InChI=1S/C21H29ClN2/c1-4-8-17(9-5-2)16-24(3)21(20-10-6-7-15-23-20)18-11-13-19(22)14-12-18/h6-7,10-15,17,21H,4-5,8-9,16H2,1-3H3. The van der Waals surface area contributed by atoms with E-state index in [1.165, 1.54) is 31.2 Å². The molecule has 0 bridgehead atoms. The normalized spacial score (nSPS) is 12.8. The zero-order valence-corrected chi connectivity index (χ0v) is 15.8. The molecule has 0 aliphatic heterocycles. The lowest BCUT2D eigenvalue weighted by atomic mass is 9.95. The quantitative estimate of drug-likeness (QED) is 0.556. The molecule has 1 aromatic heterocycles. The zero-order chi connectivity index (χ0) is 17.4. The number of hydrogen-bond acceptors (Lipinski definition) is 2. The molecule has 3 heteroatoms. The first-order chi connectivity index (χ1) is 11.7. The van der Waals surface area contributed by atoms with Crippen molar-refractivity contribution < 1.29 is 0 Å². The molecule has 0 aliphatic carbocycles. The average molecular weight is 345 g/mol. The summed E-state index contributed by atoms with van der Waals surface area (Å²) in [6.45, 7) is 5.64. The van der Waals surface area contributed by atoms with Crippen molar-refractivity contribution in [2.45, 2.75) is 45.6 Å². The van der Waals surface area contributed by atoms with Crippen molar-refractivity contribution in [2.24, 2.45) is 5.92 Å². The Kier molecular flexibility index (Phi) is 7.74. The minimum atomic E-state index is 0.166. The minimum absolute atomic E-state index is 0.166. The lowest BCUT2D eigenvalue weighted by Gasteiger charge is -2.31. The van der Waals surface area contributed by atoms with Crippen LogP contribution in [0, 0.1) is 5.92 Å². The van der Waals surface area contributed by atoms with Gasteiger partial charge in [-0.05, 0) is 55.6 Å². The molecule has 1 aromatic carbocycles. The molecule has 0 aliphatic rings. The van der Waals surface area contributed by atoms with Crippen molar-refractivity contribution in [1.29, 1.82) is 0 Å². The predicted octanol–water partition coefficient (Wildman–Crippen LogP) is 5.97. The first-order valence-corrected chi connectivity index (χ1v) is 9.40. The maximum atomic E-state index is 6.08. The monoisotopic (exact) mass is 344 g/mol. The first-order valence-electron chi connectivity index (χ1n) is 9.02. The summed E-state index contributed by atoms with van der Waals surface area (Å²) < 4.78 is 0. The fraction of sp³-hybridized carbons (Fsp3) is 0.476. The van der Waals surface area contributed by atoms with Crippen LogP contribution in [0.3, 0.4) is 0 Å². The van der Waals surface area contributed by atoms with Gasteiger partial charge in [-0.15, -0.1) is 0 Å². The van der Waals surface area contributed by atoms with Crippen LogP contribution in [0.15, 0.2) is 48.7 Å². The molecule has 0 amide bonds. The molecule has 1 heterocycles. The van der Waals surface area contributed by atoms with E-state index in [0.29, 0.717) is 0 Å². The van der Waals surface area contributed by atoms with Gasteiger partial charge in [0.1, 0.15) is 0 Å². The van der Waals surface area contributed by atoms with E-state index in [0.717, 1.165) is 23.2 Å². The number of aromatic nitrogens is 1. The van der Waals surface area contributed by atoms with Crippen LogP contribution in [0.5, 0.6) is 0 Å². The van der Waals surface area contributed by atoms with Gasteiger partial charge in [0.15, 0.2) is 0 Å². The van der Waals surface area contributed by atoms with Crippen LogP contribution in [-0.2, 0) is 0 Å². The van der Waals surface area contributed by atoms with Gasteiger partial charge in [-0.1, -0.05) is 56.5 Å². The first kappa shape index (κ1) is 19.0. The molecule has 0 fully saturated rings. The van der Waals surface area contributed by atoms with Crippen molar-refractivity contribution in [3.05, 3.63) is 64.9 Å². The fourth-order valence-electron chi connectivity index (χ4n) is 3.49. The van der Waals surface area contributed by atoms with E-state index in [1.54, 1.807) is 0 Å². The Labute approximate surface area is 151 Å². The second-order valence-electron chi connectivity index (χ2n) is 6.59. The van der Waals surface area contributed by atoms with E-state index in [9.17, 15) is 0 Å². The molecule has 1 unspecified atom stereocenters. The maximum absolute atomic E-state index is 6.08. The highest BCUT2D eigenvalue weighted by atomic mass is 35.5. The fourth-order valence-corrected chi connectivity index (χ4v) is 3.62. The molecule has 1 atom stereocenters. The van der Waals surface area contributed by atoms with Gasteiger partial charge in [0.25, 0.3) is 0 Å². The number of nitrogens with zero attached hydrogens (tertiary/aromatic N) is 2. The molecule has 2 nitrogen and oxygen atoms in total. The summed E-state index contributed by atoms with van der Waals surface area (Å²) in [4.78, 5) is 7.07. The molecule has 2 rings (SSSR count). The highest BCUT2D eigenvalue weighted by Crippen LogP contribution is 2.29. The van der Waals surface area contributed by atoms with Gasteiger partial charge in [0, 0.05) is 17.8 Å². The molecule has 24 heavy (non-hydrogen) atoms. The number of rotatable bonds is 9. The Morgan fingerprint density at radius 2 is 1.67 bits per heavy atom. The lowest BCUT2D eigenvalue weighted by Crippen LogP contribution is -2.31. The molecule has 0 radical (unpaired) electrons. The topological polar surface area (TPSA) is 16.1 Å². The number of benzene rings is 1. The maximum Gasteiger partial charge on any atom is 0.0774 e. The van der Waals surface area contributed by atoms with E-state index < -0.39 is 0 Å². The average Bonchev–Trinajstić information content (AvgIpc) is 2.58. The third-order valence-corrected chi connectivity index (χ3v) is 4.79. The molecular weight excluding hydrogens is 316 g/mol. The van der Waals surface area contributed by atoms with E-state index in [4.69, 9.17) is 11.6 Å². The van der Waals surface area contributed by atoms with Gasteiger partial charge in [-0.2, -0.15) is 0 Å². The molecule has 0 spiro atoms. The summed E-state index contributed by atoms with van der Waals surface area (Å²) in [7, 11) is 2.21. The van der Waals surface area contributed by atoms with Crippen LogP contribution in [0.1, 0.15) is 56.8 Å². The Bertz CT molecular complexity index is 577. The van der Waals surface area contributed by atoms with Crippen molar-refractivity contribution in [1.82, 2.24) is 9.88 Å². The number of hydrogen-bond donors (Lipinski definition) is 0. The van der Waals surface area contributed by atoms with Crippen molar-refractivity contribution in [3.63, 3.8) is 0 Å². The summed E-state index contributed by atoms with van der Waals surface area (Å²) in [5.74, 6) is 0.739. The third-order valence-electron chi connectivity index (χ3n) is 4.53. The van der Waals surface area contributed by atoms with Gasteiger partial charge >= 0.3 is 0 Å². The number of pyridine rings is 1. The van der Waals surface area contributed by atoms with E-state index >= 15 is 0 Å². The van der Waals surface area contributed by atoms with E-state index in [-0.39, 0.29) is 6.04 Å². The van der Waals surface area contributed by atoms with Crippen LogP contribution < -0.4 is 0 Å². The predicted molar refractivity (Wildman–Crippen MR) is 103 cm³/mol. The van der Waals surface area contributed by atoms with Crippen molar-refractivity contribution in [2.75, 3.05) is 13.6 Å². The second kappa shape index (κ2) is 9.80. The molecule has 0 saturated carbocycles. The van der Waals surface area contributed by atoms with Gasteiger partial charge in [0.05, 0.1) is 11.7 Å². The molecular formula is C21H29ClN2. The smallest absolute Gasteiger partial charge is 0.0774 e. The SMILES string of the molecule is CCCC(CCC)CN(C)C(c1ccc(Cl)cc1)c1ccccn1. The number of halogens is 1. The van der Waals surface area contributed by atoms with Gasteiger partial charge < -0.3 is 0 Å². The molecule has 2 aromatic rings. The van der Waals surface area contributed by atoms with Crippen LogP contribution in [0.2, 0.25) is 5.02 Å². The van der Waals surface area contributed by atoms with E-state index in [1.807, 2.05) is 24.4 Å². The summed E-state index contributed by atoms with van der Waals surface area (Å²) in [5, 5.41) is 0.774. The molecule has 130 valence electrons. The Balaban J connectivity index is 2.26. The van der Waals surface area contributed by atoms with E-state index in [2.05, 4.69) is 55.0 Å². The van der Waals surface area contributed by atoms with Gasteiger partial charge in [-0.25, -0.2) is 0 Å². The minimum Gasteiger partial charge on any atom is -0.294 e.